The van der Waals surface area contributed by atoms with Crippen molar-refractivity contribution in [2.45, 2.75) is 6.04 Å². The van der Waals surface area contributed by atoms with E-state index in [0.29, 0.717) is 47.5 Å². The summed E-state index contributed by atoms with van der Waals surface area (Å²) in [6.45, 7) is 0.783. The zero-order valence-corrected chi connectivity index (χ0v) is 20.2. The molecule has 0 bridgehead atoms. The summed E-state index contributed by atoms with van der Waals surface area (Å²) in [7, 11) is 3.00. The molecule has 184 valence electrons. The Kier molecular flexibility index (Phi) is 6.20. The van der Waals surface area contributed by atoms with Crippen LogP contribution in [0.15, 0.2) is 66.2 Å². The van der Waals surface area contributed by atoms with Crippen molar-refractivity contribution in [2.75, 3.05) is 32.3 Å². The number of rotatable bonds is 5. The maximum Gasteiger partial charge on any atom is 0.300 e. The summed E-state index contributed by atoms with van der Waals surface area (Å²) >= 11 is 6.37. The van der Waals surface area contributed by atoms with Gasteiger partial charge < -0.3 is 24.1 Å². The number of amides is 1. The van der Waals surface area contributed by atoms with Crippen LogP contribution in [-0.2, 0) is 9.59 Å². The van der Waals surface area contributed by atoms with Crippen LogP contribution in [0.25, 0.3) is 5.76 Å². The standard InChI is InChI=1S/C27H22ClNO7/c1-33-17-5-3-4-15(12-17)24-23(25(30)19-14-18(34-2)7-8-20(19)28)26(31)27(32)29(24)16-6-9-21-22(13-16)36-11-10-35-21/h3-9,12-14,24,30H,10-11H2,1-2H3/b25-23+. The van der Waals surface area contributed by atoms with Crippen LogP contribution in [0.3, 0.4) is 0 Å². The van der Waals surface area contributed by atoms with Crippen LogP contribution < -0.4 is 23.8 Å². The van der Waals surface area contributed by atoms with E-state index in [9.17, 15) is 14.7 Å². The quantitative estimate of drug-likeness (QED) is 0.302. The lowest BCUT2D eigenvalue weighted by molar-refractivity contribution is -0.132. The molecule has 1 atom stereocenters. The Morgan fingerprint density at radius 3 is 2.42 bits per heavy atom. The normalized spacial score (nSPS) is 18.3. The Morgan fingerprint density at radius 1 is 0.944 bits per heavy atom. The molecule has 5 rings (SSSR count). The summed E-state index contributed by atoms with van der Waals surface area (Å²) in [5.41, 5.74) is 1.02. The summed E-state index contributed by atoms with van der Waals surface area (Å²) < 4.78 is 21.9. The molecule has 1 amide bonds. The molecule has 1 fully saturated rings. The highest BCUT2D eigenvalue weighted by atomic mass is 35.5. The molecule has 2 heterocycles. The van der Waals surface area contributed by atoms with Crippen LogP contribution in [0, 0.1) is 0 Å². The maximum absolute atomic E-state index is 13.4. The van der Waals surface area contributed by atoms with Crippen LogP contribution in [0.1, 0.15) is 17.2 Å². The number of anilines is 1. The van der Waals surface area contributed by atoms with Crippen molar-refractivity contribution < 1.29 is 33.6 Å². The number of benzene rings is 3. The predicted octanol–water partition coefficient (Wildman–Crippen LogP) is 4.75. The summed E-state index contributed by atoms with van der Waals surface area (Å²) in [5, 5.41) is 11.6. The SMILES string of the molecule is COc1cccc(C2/C(=C(\O)c3cc(OC)ccc3Cl)C(=O)C(=O)N2c2ccc3c(c2)OCCO3)c1. The molecule has 3 aromatic carbocycles. The van der Waals surface area contributed by atoms with Gasteiger partial charge in [-0.15, -0.1) is 0 Å². The third kappa shape index (κ3) is 3.99. The lowest BCUT2D eigenvalue weighted by Crippen LogP contribution is -2.29. The van der Waals surface area contributed by atoms with Crippen LogP contribution in [0.2, 0.25) is 5.02 Å². The van der Waals surface area contributed by atoms with Crippen molar-refractivity contribution in [3.63, 3.8) is 0 Å². The Morgan fingerprint density at radius 2 is 1.67 bits per heavy atom. The van der Waals surface area contributed by atoms with Gasteiger partial charge in [-0.3, -0.25) is 14.5 Å². The molecule has 2 aliphatic heterocycles. The van der Waals surface area contributed by atoms with Crippen molar-refractivity contribution in [2.24, 2.45) is 0 Å². The number of ketones is 1. The fourth-order valence-corrected chi connectivity index (χ4v) is 4.57. The van der Waals surface area contributed by atoms with E-state index in [4.69, 9.17) is 30.5 Å². The minimum Gasteiger partial charge on any atom is -0.507 e. The van der Waals surface area contributed by atoms with Gasteiger partial charge in [0.1, 0.15) is 30.5 Å². The van der Waals surface area contributed by atoms with Crippen molar-refractivity contribution in [1.82, 2.24) is 0 Å². The maximum atomic E-state index is 13.4. The van der Waals surface area contributed by atoms with Crippen molar-refractivity contribution in [3.05, 3.63) is 82.4 Å². The molecule has 0 radical (unpaired) electrons. The molecule has 0 saturated carbocycles. The van der Waals surface area contributed by atoms with E-state index in [1.165, 1.54) is 25.2 Å². The first-order chi connectivity index (χ1) is 17.4. The van der Waals surface area contributed by atoms with E-state index in [0.717, 1.165) is 0 Å². The number of hydrogen-bond acceptors (Lipinski definition) is 7. The molecule has 36 heavy (non-hydrogen) atoms. The van der Waals surface area contributed by atoms with Crippen molar-refractivity contribution >= 4 is 34.7 Å². The number of aliphatic hydroxyl groups excluding tert-OH is 1. The molecule has 1 unspecified atom stereocenters. The fourth-order valence-electron chi connectivity index (χ4n) is 4.37. The molecule has 3 aromatic rings. The molecule has 1 N–H and O–H groups in total. The number of carbonyl (C=O) groups is 2. The molecule has 9 heteroatoms. The number of nitrogens with zero attached hydrogens (tertiary/aromatic N) is 1. The summed E-state index contributed by atoms with van der Waals surface area (Å²) in [5.74, 6) is -0.109. The monoisotopic (exact) mass is 507 g/mol. The Hall–Kier alpha value is -4.17. The predicted molar refractivity (Wildman–Crippen MR) is 133 cm³/mol. The van der Waals surface area contributed by atoms with Crippen LogP contribution in [0.5, 0.6) is 23.0 Å². The van der Waals surface area contributed by atoms with Crippen LogP contribution in [0.4, 0.5) is 5.69 Å². The highest BCUT2D eigenvalue weighted by Gasteiger charge is 2.47. The van der Waals surface area contributed by atoms with E-state index < -0.39 is 23.5 Å². The molecular formula is C27H22ClNO7. The van der Waals surface area contributed by atoms with Crippen LogP contribution >= 0.6 is 11.6 Å². The van der Waals surface area contributed by atoms with Gasteiger partial charge in [0.05, 0.1) is 30.9 Å². The lowest BCUT2D eigenvalue weighted by Gasteiger charge is -2.27. The minimum absolute atomic E-state index is 0.113. The van der Waals surface area contributed by atoms with E-state index in [2.05, 4.69) is 0 Å². The molecule has 8 nitrogen and oxygen atoms in total. The first-order valence-electron chi connectivity index (χ1n) is 11.1. The largest absolute Gasteiger partial charge is 0.507 e. The highest BCUT2D eigenvalue weighted by Crippen LogP contribution is 2.45. The summed E-state index contributed by atoms with van der Waals surface area (Å²) in [4.78, 5) is 28.2. The first kappa shape index (κ1) is 23.6. The number of halogens is 1. The molecule has 0 aromatic heterocycles. The van der Waals surface area contributed by atoms with Gasteiger partial charge in [0.25, 0.3) is 11.7 Å². The van der Waals surface area contributed by atoms with E-state index in [1.807, 2.05) is 0 Å². The molecule has 0 aliphatic carbocycles. The second-order valence-electron chi connectivity index (χ2n) is 8.12. The average molecular weight is 508 g/mol. The van der Waals surface area contributed by atoms with Gasteiger partial charge in [-0.25, -0.2) is 0 Å². The molecule has 1 saturated heterocycles. The number of aliphatic hydroxyl groups is 1. The van der Waals surface area contributed by atoms with Gasteiger partial charge in [0.2, 0.25) is 0 Å². The average Bonchev–Trinajstić information content (AvgIpc) is 3.18. The topological polar surface area (TPSA) is 94.5 Å². The zero-order valence-electron chi connectivity index (χ0n) is 19.5. The van der Waals surface area contributed by atoms with Gasteiger partial charge >= 0.3 is 0 Å². The number of hydrogen-bond donors (Lipinski definition) is 1. The van der Waals surface area contributed by atoms with Gasteiger partial charge in [0, 0.05) is 17.3 Å². The number of fused-ring (bicyclic) bond motifs is 1. The first-order valence-corrected chi connectivity index (χ1v) is 11.5. The molecular weight excluding hydrogens is 486 g/mol. The van der Waals surface area contributed by atoms with Crippen LogP contribution in [-0.4, -0.2) is 44.2 Å². The lowest BCUT2D eigenvalue weighted by atomic mass is 9.94. The fraction of sp³-hybridized carbons (Fsp3) is 0.185. The van der Waals surface area contributed by atoms with Crippen molar-refractivity contribution in [3.8, 4) is 23.0 Å². The Bertz CT molecular complexity index is 1400. The van der Waals surface area contributed by atoms with Gasteiger partial charge in [-0.1, -0.05) is 23.7 Å². The molecule has 2 aliphatic rings. The van der Waals surface area contributed by atoms with E-state index >= 15 is 0 Å². The Balaban J connectivity index is 1.73. The van der Waals surface area contributed by atoms with Crippen molar-refractivity contribution in [1.29, 1.82) is 0 Å². The molecule has 0 spiro atoms. The van der Waals surface area contributed by atoms with E-state index in [-0.39, 0.29) is 16.2 Å². The third-order valence-electron chi connectivity index (χ3n) is 6.09. The number of carbonyl (C=O) groups excluding carboxylic acids is 2. The van der Waals surface area contributed by atoms with Gasteiger partial charge in [-0.05, 0) is 48.0 Å². The summed E-state index contributed by atoms with van der Waals surface area (Å²) in [6.07, 6.45) is 0. The number of Topliss-reactive ketones (excluding diaryl/α,β-unsaturated/α-hetero) is 1. The third-order valence-corrected chi connectivity index (χ3v) is 6.42. The summed E-state index contributed by atoms with van der Waals surface area (Å²) in [6, 6.07) is 15.7. The second-order valence-corrected chi connectivity index (χ2v) is 8.53. The second kappa shape index (κ2) is 9.47. The number of ether oxygens (including phenoxy) is 4. The highest BCUT2D eigenvalue weighted by molar-refractivity contribution is 6.52. The van der Waals surface area contributed by atoms with Gasteiger partial charge in [-0.2, -0.15) is 0 Å². The minimum atomic E-state index is -0.968. The Labute approximate surface area is 212 Å². The smallest absolute Gasteiger partial charge is 0.300 e. The number of methoxy groups -OCH3 is 2. The van der Waals surface area contributed by atoms with Gasteiger partial charge in [0.15, 0.2) is 11.5 Å². The zero-order chi connectivity index (χ0) is 25.4. The van der Waals surface area contributed by atoms with E-state index in [1.54, 1.807) is 54.6 Å².